The fourth-order valence-corrected chi connectivity index (χ4v) is 5.42. The minimum absolute atomic E-state index is 0.158. The van der Waals surface area contributed by atoms with Crippen molar-refractivity contribution < 1.29 is 37.3 Å². The fourth-order valence-electron chi connectivity index (χ4n) is 3.42. The summed E-state index contributed by atoms with van der Waals surface area (Å²) in [6.45, 7) is 9.29. The van der Waals surface area contributed by atoms with Crippen LogP contribution >= 0.6 is 6.72 Å². The second-order valence-corrected chi connectivity index (χ2v) is 10.3. The highest BCUT2D eigenvalue weighted by atomic mass is 32.5. The van der Waals surface area contributed by atoms with Gasteiger partial charge in [0, 0.05) is 0 Å². The van der Waals surface area contributed by atoms with Crippen molar-refractivity contribution >= 4 is 18.5 Å². The van der Waals surface area contributed by atoms with E-state index in [0.29, 0.717) is 13.2 Å². The molecule has 0 aliphatic carbocycles. The molecule has 0 aromatic carbocycles. The van der Waals surface area contributed by atoms with Crippen molar-refractivity contribution in [2.24, 2.45) is 0 Å². The molecule has 0 amide bonds. The van der Waals surface area contributed by atoms with Gasteiger partial charge < -0.3 is 37.3 Å². The van der Waals surface area contributed by atoms with Gasteiger partial charge in [0.1, 0.15) is 24.4 Å². The third-order valence-electron chi connectivity index (χ3n) is 4.22. The van der Waals surface area contributed by atoms with Gasteiger partial charge in [0.25, 0.3) is 0 Å². The van der Waals surface area contributed by atoms with E-state index in [1.807, 2.05) is 41.5 Å². The average Bonchev–Trinajstić information content (AvgIpc) is 2.99. The van der Waals surface area contributed by atoms with Crippen molar-refractivity contribution in [3.8, 4) is 0 Å². The first-order valence-electron chi connectivity index (χ1n) is 8.98. The van der Waals surface area contributed by atoms with Crippen LogP contribution in [-0.4, -0.2) is 62.1 Å². The van der Waals surface area contributed by atoms with Crippen LogP contribution in [0.2, 0.25) is 0 Å². The fraction of sp³-hybridized carbons (Fsp3) is 1.00. The number of hydrogen-bond donors (Lipinski definition) is 0. The molecule has 152 valence electrons. The van der Waals surface area contributed by atoms with Gasteiger partial charge in [-0.25, -0.2) is 0 Å². The molecule has 0 N–H and O–H groups in total. The van der Waals surface area contributed by atoms with Crippen molar-refractivity contribution in [3.05, 3.63) is 0 Å². The molecule has 0 spiro atoms. The highest BCUT2D eigenvalue weighted by molar-refractivity contribution is 8.07. The molecule has 3 rings (SSSR count). The number of hydrogen-bond acceptors (Lipinski definition) is 9. The Hall–Kier alpha value is 0.330. The smallest absolute Gasteiger partial charge is 0.327 e. The molecule has 26 heavy (non-hydrogen) atoms. The van der Waals surface area contributed by atoms with Crippen LogP contribution in [0.4, 0.5) is 0 Å². The Kier molecular flexibility index (Phi) is 6.18. The summed E-state index contributed by atoms with van der Waals surface area (Å²) in [6.07, 6.45) is -2.06. The highest BCUT2D eigenvalue weighted by Crippen LogP contribution is 2.51. The molecule has 3 saturated heterocycles. The average molecular weight is 412 g/mol. The molecule has 8 nitrogen and oxygen atoms in total. The highest BCUT2D eigenvalue weighted by Gasteiger charge is 2.60. The van der Waals surface area contributed by atoms with Crippen molar-refractivity contribution in [2.45, 2.75) is 83.8 Å². The third kappa shape index (κ3) is 4.49. The molecule has 0 aromatic rings. The molecule has 3 fully saturated rings. The summed E-state index contributed by atoms with van der Waals surface area (Å²) in [6, 6.07) is 0. The van der Waals surface area contributed by atoms with E-state index in [0.717, 1.165) is 0 Å². The van der Waals surface area contributed by atoms with E-state index in [-0.39, 0.29) is 24.9 Å². The van der Waals surface area contributed by atoms with Crippen LogP contribution in [0.3, 0.4) is 0 Å². The lowest BCUT2D eigenvalue weighted by molar-refractivity contribution is -0.239. The maximum Gasteiger partial charge on any atom is 0.327 e. The van der Waals surface area contributed by atoms with E-state index in [4.69, 9.17) is 49.1 Å². The van der Waals surface area contributed by atoms with Crippen molar-refractivity contribution in [1.29, 1.82) is 0 Å². The van der Waals surface area contributed by atoms with Crippen molar-refractivity contribution in [1.82, 2.24) is 0 Å². The Morgan fingerprint density at radius 3 is 1.96 bits per heavy atom. The van der Waals surface area contributed by atoms with Gasteiger partial charge in [-0.1, -0.05) is 0 Å². The molecular formula is C16H29O8PS. The Morgan fingerprint density at radius 1 is 0.808 bits per heavy atom. The zero-order valence-electron chi connectivity index (χ0n) is 16.1. The van der Waals surface area contributed by atoms with Crippen LogP contribution in [0, 0.1) is 0 Å². The van der Waals surface area contributed by atoms with Crippen LogP contribution in [0.25, 0.3) is 0 Å². The predicted molar refractivity (Wildman–Crippen MR) is 96.0 cm³/mol. The molecule has 3 aliphatic rings. The first-order chi connectivity index (χ1) is 12.1. The Balaban J connectivity index is 1.74. The minimum Gasteiger partial charge on any atom is -0.342 e. The standard InChI is InChI=1S/C16H29O8PS/c1-7-17-25(26,18-8-2)19-9-10-11-12(22-15(3,4)21-11)13-14(20-10)24-16(5,6)23-13/h10-14H,7-9H2,1-6H3/t10-,11-,12-,13+,14+/m1/s1. The summed E-state index contributed by atoms with van der Waals surface area (Å²) in [5.41, 5.74) is 0. The van der Waals surface area contributed by atoms with Crippen molar-refractivity contribution in [2.75, 3.05) is 19.8 Å². The monoisotopic (exact) mass is 412 g/mol. The summed E-state index contributed by atoms with van der Waals surface area (Å²) in [7, 11) is 0. The molecule has 5 atom stereocenters. The molecule has 0 aromatic heterocycles. The maximum atomic E-state index is 6.09. The van der Waals surface area contributed by atoms with Crippen LogP contribution in [0.1, 0.15) is 41.5 Å². The van der Waals surface area contributed by atoms with E-state index in [2.05, 4.69) is 0 Å². The van der Waals surface area contributed by atoms with Crippen LogP contribution in [0.15, 0.2) is 0 Å². The van der Waals surface area contributed by atoms with Gasteiger partial charge in [-0.05, 0) is 53.3 Å². The Labute approximate surface area is 159 Å². The second kappa shape index (κ2) is 7.63. The molecular weight excluding hydrogens is 383 g/mol. The van der Waals surface area contributed by atoms with E-state index in [1.165, 1.54) is 0 Å². The van der Waals surface area contributed by atoms with Gasteiger partial charge in [0.15, 0.2) is 17.9 Å². The summed E-state index contributed by atoms with van der Waals surface area (Å²) in [4.78, 5) is 0. The Bertz CT molecular complexity index is 546. The van der Waals surface area contributed by atoms with Crippen LogP contribution in [-0.2, 0) is 49.1 Å². The zero-order valence-corrected chi connectivity index (χ0v) is 17.8. The first kappa shape index (κ1) is 21.0. The largest absolute Gasteiger partial charge is 0.342 e. The topological polar surface area (TPSA) is 73.8 Å². The molecule has 0 unspecified atom stereocenters. The predicted octanol–water partition coefficient (Wildman–Crippen LogP) is 2.70. The van der Waals surface area contributed by atoms with Crippen molar-refractivity contribution in [3.63, 3.8) is 0 Å². The molecule has 3 aliphatic heterocycles. The number of fused-ring (bicyclic) bond motifs is 3. The summed E-state index contributed by atoms with van der Waals surface area (Å²) in [5.74, 6) is -1.50. The minimum atomic E-state index is -2.82. The van der Waals surface area contributed by atoms with E-state index in [1.54, 1.807) is 0 Å². The van der Waals surface area contributed by atoms with Crippen LogP contribution in [0.5, 0.6) is 0 Å². The molecule has 10 heteroatoms. The van der Waals surface area contributed by atoms with Gasteiger partial charge in [-0.3, -0.25) is 0 Å². The van der Waals surface area contributed by atoms with Gasteiger partial charge in [0.05, 0.1) is 19.8 Å². The first-order valence-corrected chi connectivity index (χ1v) is 11.5. The van der Waals surface area contributed by atoms with E-state index in [9.17, 15) is 0 Å². The number of rotatable bonds is 7. The summed E-state index contributed by atoms with van der Waals surface area (Å²) >= 11 is 5.42. The van der Waals surface area contributed by atoms with Crippen LogP contribution < -0.4 is 0 Å². The molecule has 0 saturated carbocycles. The normalized spacial score (nSPS) is 38.2. The zero-order chi connectivity index (χ0) is 19.2. The lowest BCUT2D eigenvalue weighted by Crippen LogP contribution is -2.56. The summed E-state index contributed by atoms with van der Waals surface area (Å²) in [5, 5.41) is 0. The van der Waals surface area contributed by atoms with Gasteiger partial charge >= 0.3 is 6.72 Å². The lowest BCUT2D eigenvalue weighted by atomic mass is 9.99. The van der Waals surface area contributed by atoms with Gasteiger partial charge in [-0.2, -0.15) is 0 Å². The number of ether oxygens (including phenoxy) is 5. The lowest BCUT2D eigenvalue weighted by Gasteiger charge is -2.37. The maximum absolute atomic E-state index is 6.09. The van der Waals surface area contributed by atoms with Gasteiger partial charge in [-0.15, -0.1) is 0 Å². The quantitative estimate of drug-likeness (QED) is 0.587. The van der Waals surface area contributed by atoms with E-state index >= 15 is 0 Å². The van der Waals surface area contributed by atoms with Gasteiger partial charge in [0.2, 0.25) is 0 Å². The Morgan fingerprint density at radius 2 is 1.35 bits per heavy atom. The summed E-state index contributed by atoms with van der Waals surface area (Å²) < 4.78 is 47.0. The third-order valence-corrected chi connectivity index (χ3v) is 6.79. The van der Waals surface area contributed by atoms with E-state index < -0.39 is 30.7 Å². The molecule has 3 heterocycles. The molecule has 0 bridgehead atoms. The second-order valence-electron chi connectivity index (χ2n) is 7.29. The molecule has 0 radical (unpaired) electrons. The SMILES string of the molecule is CCOP(=S)(OCC)OC[C@H]1O[C@H]2OC(C)(C)O[C@H]2[C@@H]2OC(C)(C)O[C@@H]21.